The van der Waals surface area contributed by atoms with Crippen LogP contribution in [-0.4, -0.2) is 66.2 Å². The number of anilines is 1. The van der Waals surface area contributed by atoms with Crippen molar-refractivity contribution < 1.29 is 24.5 Å². The number of aliphatic hydroxyl groups excluding tert-OH is 1. The van der Waals surface area contributed by atoms with E-state index in [1.807, 2.05) is 6.07 Å². The third kappa shape index (κ3) is 6.08. The van der Waals surface area contributed by atoms with E-state index in [9.17, 15) is 15.0 Å². The number of esters is 1. The zero-order chi connectivity index (χ0) is 21.3. The minimum atomic E-state index is -0.762. The molecule has 0 spiro atoms. The number of aliphatic hydroxyl groups is 1. The van der Waals surface area contributed by atoms with Crippen molar-refractivity contribution in [1.82, 2.24) is 10.3 Å². The van der Waals surface area contributed by atoms with Gasteiger partial charge in [-0.2, -0.15) is 0 Å². The first-order valence-electron chi connectivity index (χ1n) is 10.3. The molecule has 162 valence electrons. The molecular weight excluding hydrogens is 386 g/mol. The van der Waals surface area contributed by atoms with Crippen LogP contribution in [0.2, 0.25) is 0 Å². The molecule has 0 radical (unpaired) electrons. The second kappa shape index (κ2) is 10.8. The van der Waals surface area contributed by atoms with Crippen LogP contribution >= 0.6 is 0 Å². The average Bonchev–Trinajstić information content (AvgIpc) is 2.78. The molecule has 3 N–H and O–H groups in total. The van der Waals surface area contributed by atoms with Crippen LogP contribution in [0.15, 0.2) is 42.5 Å². The van der Waals surface area contributed by atoms with Crippen molar-refractivity contribution in [2.75, 3.05) is 37.7 Å². The Labute approximate surface area is 176 Å². The molecule has 0 aliphatic carbocycles. The van der Waals surface area contributed by atoms with Crippen LogP contribution in [0.25, 0.3) is 0 Å². The molecule has 30 heavy (non-hydrogen) atoms. The van der Waals surface area contributed by atoms with Gasteiger partial charge in [0.25, 0.3) is 0 Å². The van der Waals surface area contributed by atoms with Crippen molar-refractivity contribution in [3.8, 4) is 11.5 Å². The summed E-state index contributed by atoms with van der Waals surface area (Å²) >= 11 is 0. The highest BCUT2D eigenvalue weighted by Crippen LogP contribution is 2.22. The lowest BCUT2D eigenvalue weighted by molar-refractivity contribution is 0.0519. The van der Waals surface area contributed by atoms with Crippen LogP contribution in [0.3, 0.4) is 0 Å². The first-order valence-corrected chi connectivity index (χ1v) is 10.3. The number of piperidine rings is 1. The number of benzene rings is 1. The minimum absolute atomic E-state index is 0.101. The van der Waals surface area contributed by atoms with Gasteiger partial charge in [0.2, 0.25) is 0 Å². The third-order valence-corrected chi connectivity index (χ3v) is 4.95. The maximum absolute atomic E-state index is 12.1. The van der Waals surface area contributed by atoms with Gasteiger partial charge in [-0.25, -0.2) is 9.78 Å². The van der Waals surface area contributed by atoms with Crippen LogP contribution in [-0.2, 0) is 4.74 Å². The molecule has 1 aromatic carbocycles. The van der Waals surface area contributed by atoms with E-state index < -0.39 is 12.1 Å². The van der Waals surface area contributed by atoms with E-state index in [1.165, 1.54) is 12.1 Å². The van der Waals surface area contributed by atoms with Crippen molar-refractivity contribution in [2.24, 2.45) is 0 Å². The molecule has 3 rings (SSSR count). The Morgan fingerprint density at radius 2 is 1.97 bits per heavy atom. The number of phenolic OH excluding ortho intramolecular Hbond substituents is 1. The summed E-state index contributed by atoms with van der Waals surface area (Å²) in [5.41, 5.74) is 0.253. The fraction of sp³-hybridized carbons (Fsp3) is 0.455. The number of carbonyl (C=O) groups excluding carboxylic acids is 1. The average molecular weight is 415 g/mol. The highest BCUT2D eigenvalue weighted by atomic mass is 16.5. The first kappa shape index (κ1) is 21.9. The highest BCUT2D eigenvalue weighted by molar-refractivity contribution is 5.87. The topological polar surface area (TPSA) is 104 Å². The molecule has 0 saturated carbocycles. The summed E-state index contributed by atoms with van der Waals surface area (Å²) in [6.07, 6.45) is 1.06. The molecule has 1 unspecified atom stereocenters. The van der Waals surface area contributed by atoms with Crippen LogP contribution in [0, 0.1) is 0 Å². The van der Waals surface area contributed by atoms with Gasteiger partial charge in [-0.05, 0) is 69.3 Å². The normalized spacial score (nSPS) is 15.4. The fourth-order valence-electron chi connectivity index (χ4n) is 3.46. The SMILES string of the molecule is CCOC(=O)c1cccc(N(CC(O)COc2ccc(O)cc2)C2CCNCC2)n1. The highest BCUT2D eigenvalue weighted by Gasteiger charge is 2.25. The van der Waals surface area contributed by atoms with Crippen molar-refractivity contribution >= 4 is 11.8 Å². The van der Waals surface area contributed by atoms with Crippen LogP contribution in [0.1, 0.15) is 30.3 Å². The van der Waals surface area contributed by atoms with Gasteiger partial charge in [-0.15, -0.1) is 0 Å². The molecule has 8 nitrogen and oxygen atoms in total. The number of hydrogen-bond donors (Lipinski definition) is 3. The Morgan fingerprint density at radius 1 is 1.23 bits per heavy atom. The zero-order valence-electron chi connectivity index (χ0n) is 17.2. The van der Waals surface area contributed by atoms with E-state index in [2.05, 4.69) is 15.2 Å². The van der Waals surface area contributed by atoms with E-state index in [0.717, 1.165) is 25.9 Å². The van der Waals surface area contributed by atoms with Gasteiger partial charge < -0.3 is 29.9 Å². The number of aromatic hydroxyl groups is 1. The quantitative estimate of drug-likeness (QED) is 0.534. The minimum Gasteiger partial charge on any atom is -0.508 e. The monoisotopic (exact) mass is 415 g/mol. The molecule has 1 atom stereocenters. The number of carbonyl (C=O) groups is 1. The van der Waals surface area contributed by atoms with Gasteiger partial charge in [0.05, 0.1) is 6.61 Å². The van der Waals surface area contributed by atoms with Gasteiger partial charge in [0.1, 0.15) is 30.0 Å². The van der Waals surface area contributed by atoms with E-state index in [1.54, 1.807) is 31.2 Å². The summed E-state index contributed by atoms with van der Waals surface area (Å²) in [6, 6.07) is 11.8. The number of phenols is 1. The van der Waals surface area contributed by atoms with Crippen molar-refractivity contribution in [3.05, 3.63) is 48.2 Å². The number of pyridine rings is 1. The Hall–Kier alpha value is -2.84. The van der Waals surface area contributed by atoms with E-state index in [0.29, 0.717) is 18.1 Å². The van der Waals surface area contributed by atoms with Gasteiger partial charge in [0.15, 0.2) is 5.69 Å². The van der Waals surface area contributed by atoms with Crippen LogP contribution < -0.4 is 15.0 Å². The lowest BCUT2D eigenvalue weighted by Gasteiger charge is -2.36. The molecule has 1 saturated heterocycles. The molecule has 2 aromatic rings. The number of nitrogens with zero attached hydrogens (tertiary/aromatic N) is 2. The van der Waals surface area contributed by atoms with Gasteiger partial charge in [0, 0.05) is 12.6 Å². The lowest BCUT2D eigenvalue weighted by atomic mass is 10.0. The summed E-state index contributed by atoms with van der Waals surface area (Å²) < 4.78 is 10.7. The van der Waals surface area contributed by atoms with Crippen LogP contribution in [0.4, 0.5) is 5.82 Å². The summed E-state index contributed by atoms with van der Waals surface area (Å²) in [5, 5.41) is 23.3. The van der Waals surface area contributed by atoms with Gasteiger partial charge in [-0.1, -0.05) is 6.07 Å². The molecular formula is C22H29N3O5. The molecule has 8 heteroatoms. The van der Waals surface area contributed by atoms with E-state index >= 15 is 0 Å². The lowest BCUT2D eigenvalue weighted by Crippen LogP contribution is -2.47. The Bertz CT molecular complexity index is 809. The predicted molar refractivity (Wildman–Crippen MR) is 113 cm³/mol. The zero-order valence-corrected chi connectivity index (χ0v) is 17.2. The largest absolute Gasteiger partial charge is 0.508 e. The second-order valence-electron chi connectivity index (χ2n) is 7.19. The summed E-state index contributed by atoms with van der Waals surface area (Å²) in [4.78, 5) is 18.7. The summed E-state index contributed by atoms with van der Waals surface area (Å²) in [6.45, 7) is 4.24. The van der Waals surface area contributed by atoms with Crippen LogP contribution in [0.5, 0.6) is 11.5 Å². The molecule has 0 bridgehead atoms. The summed E-state index contributed by atoms with van der Waals surface area (Å²) in [5.74, 6) is 0.909. The Kier molecular flexibility index (Phi) is 7.87. The molecule has 1 fully saturated rings. The predicted octanol–water partition coefficient (Wildman–Crippen LogP) is 1.96. The molecule has 1 aliphatic rings. The maximum atomic E-state index is 12.1. The molecule has 1 aromatic heterocycles. The summed E-state index contributed by atoms with van der Waals surface area (Å²) in [7, 11) is 0. The van der Waals surface area contributed by atoms with Crippen molar-refractivity contribution in [2.45, 2.75) is 31.9 Å². The van der Waals surface area contributed by atoms with Crippen molar-refractivity contribution in [1.29, 1.82) is 0 Å². The number of ether oxygens (including phenoxy) is 2. The molecule has 1 aliphatic heterocycles. The fourth-order valence-corrected chi connectivity index (χ4v) is 3.46. The number of hydrogen-bond acceptors (Lipinski definition) is 8. The smallest absolute Gasteiger partial charge is 0.356 e. The Balaban J connectivity index is 1.71. The first-order chi connectivity index (χ1) is 14.6. The number of nitrogens with one attached hydrogen (secondary N) is 1. The van der Waals surface area contributed by atoms with Gasteiger partial charge in [-0.3, -0.25) is 0 Å². The second-order valence-corrected chi connectivity index (χ2v) is 7.19. The van der Waals surface area contributed by atoms with E-state index in [-0.39, 0.29) is 30.7 Å². The molecule has 0 amide bonds. The third-order valence-electron chi connectivity index (χ3n) is 4.95. The van der Waals surface area contributed by atoms with Gasteiger partial charge >= 0.3 is 5.97 Å². The number of aromatic nitrogens is 1. The molecule has 2 heterocycles. The van der Waals surface area contributed by atoms with Crippen molar-refractivity contribution in [3.63, 3.8) is 0 Å². The Morgan fingerprint density at radius 3 is 2.67 bits per heavy atom. The van der Waals surface area contributed by atoms with E-state index in [4.69, 9.17) is 9.47 Å². The standard InChI is InChI=1S/C22H29N3O5/c1-2-29-22(28)20-4-3-5-21(24-20)25(16-10-12-23-13-11-16)14-18(27)15-30-19-8-6-17(26)7-9-19/h3-9,16,18,23,26-27H,2,10-15H2,1H3. The number of rotatable bonds is 9. The maximum Gasteiger partial charge on any atom is 0.356 e.